The number of thioether (sulfide) groups is 1. The van der Waals surface area contributed by atoms with Gasteiger partial charge < -0.3 is 14.8 Å². The first kappa shape index (κ1) is 18.4. The lowest BCUT2D eigenvalue weighted by atomic mass is 10.2. The van der Waals surface area contributed by atoms with Crippen molar-refractivity contribution in [2.24, 2.45) is 4.99 Å². The van der Waals surface area contributed by atoms with Crippen LogP contribution in [0, 0.1) is 15.9 Å². The molecule has 0 atom stereocenters. The van der Waals surface area contributed by atoms with Crippen LogP contribution in [0.3, 0.4) is 0 Å². The van der Waals surface area contributed by atoms with Crippen molar-refractivity contribution in [3.63, 3.8) is 0 Å². The molecular weight excluding hydrogens is 443 g/mol. The summed E-state index contributed by atoms with van der Waals surface area (Å²) in [5.41, 5.74) is 0.749. The molecule has 1 aliphatic rings. The third-order valence-electron chi connectivity index (χ3n) is 2.75. The maximum Gasteiger partial charge on any atom is 0.286 e. The highest BCUT2D eigenvalue weighted by molar-refractivity contribution is 14.1. The molecule has 2 amide bonds. The molecule has 0 fully saturated rings. The second-order valence-electron chi connectivity index (χ2n) is 4.54. The first-order valence-corrected chi connectivity index (χ1v) is 8.58. The normalized spacial score (nSPS) is 15.0. The number of ether oxygens (including phenoxy) is 2. The number of amides is 2. The third kappa shape index (κ3) is 4.52. The fourth-order valence-corrected chi connectivity index (χ4v) is 3.48. The van der Waals surface area contributed by atoms with Crippen LogP contribution in [0.15, 0.2) is 22.0 Å². The van der Waals surface area contributed by atoms with E-state index < -0.39 is 5.91 Å². The molecule has 2 rings (SSSR count). The molecule has 1 aromatic carbocycles. The maximum absolute atomic E-state index is 11.9. The van der Waals surface area contributed by atoms with Crippen molar-refractivity contribution in [2.75, 3.05) is 13.7 Å². The van der Waals surface area contributed by atoms with Crippen LogP contribution in [-0.4, -0.2) is 30.7 Å². The van der Waals surface area contributed by atoms with Gasteiger partial charge in [0, 0.05) is 6.92 Å². The van der Waals surface area contributed by atoms with Crippen molar-refractivity contribution in [1.82, 2.24) is 5.32 Å². The average Bonchev–Trinajstić information content (AvgIpc) is 2.84. The van der Waals surface area contributed by atoms with Crippen molar-refractivity contribution in [1.29, 1.82) is 0 Å². The maximum atomic E-state index is 11.9. The topological polar surface area (TPSA) is 77.0 Å². The Bertz CT molecular complexity index is 796. The Hall–Kier alpha value is -1.99. The van der Waals surface area contributed by atoms with Crippen molar-refractivity contribution >= 4 is 57.4 Å². The molecule has 1 N–H and O–H groups in total. The van der Waals surface area contributed by atoms with Gasteiger partial charge in [0.2, 0.25) is 5.91 Å². The molecule has 0 aromatic heterocycles. The quantitative estimate of drug-likeness (QED) is 0.428. The summed E-state index contributed by atoms with van der Waals surface area (Å²) in [6, 6.07) is 3.58. The van der Waals surface area contributed by atoms with Crippen LogP contribution in [0.25, 0.3) is 6.08 Å². The zero-order chi connectivity index (χ0) is 17.7. The SMILES string of the molecule is C#CCOc1c(I)cc(C=C2SC(NC(C)=O)=NC2=O)cc1OC. The first-order valence-electron chi connectivity index (χ1n) is 6.68. The molecule has 124 valence electrons. The van der Waals surface area contributed by atoms with E-state index in [1.54, 1.807) is 12.1 Å². The van der Waals surface area contributed by atoms with E-state index in [-0.39, 0.29) is 17.7 Å². The smallest absolute Gasteiger partial charge is 0.286 e. The minimum Gasteiger partial charge on any atom is -0.493 e. The summed E-state index contributed by atoms with van der Waals surface area (Å²) in [5, 5.41) is 2.77. The number of carbonyl (C=O) groups is 2. The number of halogens is 1. The van der Waals surface area contributed by atoms with E-state index in [2.05, 4.69) is 38.8 Å². The Morgan fingerprint density at radius 3 is 2.92 bits per heavy atom. The molecule has 0 aliphatic carbocycles. The van der Waals surface area contributed by atoms with Crippen LogP contribution in [0.4, 0.5) is 0 Å². The van der Waals surface area contributed by atoms with Crippen molar-refractivity contribution in [3.05, 3.63) is 26.2 Å². The average molecular weight is 456 g/mol. The molecule has 0 spiro atoms. The minimum absolute atomic E-state index is 0.134. The summed E-state index contributed by atoms with van der Waals surface area (Å²) in [7, 11) is 1.53. The summed E-state index contributed by atoms with van der Waals surface area (Å²) in [6.45, 7) is 1.49. The molecule has 6 nitrogen and oxygen atoms in total. The number of carbonyl (C=O) groups excluding carboxylic acids is 2. The molecule has 1 aromatic rings. The zero-order valence-corrected chi connectivity index (χ0v) is 15.9. The van der Waals surface area contributed by atoms with E-state index >= 15 is 0 Å². The molecule has 1 heterocycles. The van der Waals surface area contributed by atoms with Crippen LogP contribution in [0.5, 0.6) is 11.5 Å². The van der Waals surface area contributed by atoms with Gasteiger partial charge >= 0.3 is 0 Å². The van der Waals surface area contributed by atoms with Crippen molar-refractivity contribution < 1.29 is 19.1 Å². The van der Waals surface area contributed by atoms with Crippen LogP contribution < -0.4 is 14.8 Å². The lowest BCUT2D eigenvalue weighted by molar-refractivity contribution is -0.117. The minimum atomic E-state index is -0.398. The van der Waals surface area contributed by atoms with Crippen LogP contribution in [0.2, 0.25) is 0 Å². The van der Waals surface area contributed by atoms with Crippen molar-refractivity contribution in [3.8, 4) is 23.8 Å². The predicted molar refractivity (Wildman–Crippen MR) is 102 cm³/mol. The number of amidine groups is 1. The number of benzene rings is 1. The number of methoxy groups -OCH3 is 1. The van der Waals surface area contributed by atoms with Crippen molar-refractivity contribution in [2.45, 2.75) is 6.92 Å². The number of terminal acetylenes is 1. The molecule has 0 bridgehead atoms. The predicted octanol–water partition coefficient (Wildman–Crippen LogP) is 2.42. The Morgan fingerprint density at radius 2 is 2.29 bits per heavy atom. The molecule has 24 heavy (non-hydrogen) atoms. The lowest BCUT2D eigenvalue weighted by Gasteiger charge is -2.12. The number of hydrogen-bond donors (Lipinski definition) is 1. The standard InChI is InChI=1S/C16H13IN2O4S/c1-4-5-23-14-11(17)6-10(7-12(14)22-3)8-13-15(21)19-16(24-13)18-9(2)20/h1,6-8H,5H2,2-3H3,(H,18,19,20,21). The highest BCUT2D eigenvalue weighted by Crippen LogP contribution is 2.36. The van der Waals surface area contributed by atoms with Crippen LogP contribution >= 0.6 is 34.4 Å². The van der Waals surface area contributed by atoms with Gasteiger partial charge in [0.25, 0.3) is 5.91 Å². The largest absolute Gasteiger partial charge is 0.493 e. The van der Waals surface area contributed by atoms with Gasteiger partial charge in [-0.25, -0.2) is 0 Å². The Balaban J connectivity index is 2.28. The van der Waals surface area contributed by atoms with Gasteiger partial charge in [-0.1, -0.05) is 5.92 Å². The second-order valence-corrected chi connectivity index (χ2v) is 6.73. The van der Waals surface area contributed by atoms with E-state index in [0.29, 0.717) is 16.4 Å². The van der Waals surface area contributed by atoms with E-state index in [1.807, 2.05) is 6.07 Å². The van der Waals surface area contributed by atoms with Gasteiger partial charge in [-0.2, -0.15) is 4.99 Å². The Kier molecular flexibility index (Phi) is 6.28. The third-order valence-corrected chi connectivity index (χ3v) is 4.45. The summed E-state index contributed by atoms with van der Waals surface area (Å²) in [5.74, 6) is 2.80. The summed E-state index contributed by atoms with van der Waals surface area (Å²) >= 11 is 3.21. The number of hydrogen-bond acceptors (Lipinski definition) is 5. The summed E-state index contributed by atoms with van der Waals surface area (Å²) < 4.78 is 11.6. The van der Waals surface area contributed by atoms with Gasteiger partial charge in [-0.15, -0.1) is 6.42 Å². The number of aliphatic imine (C=N–C) groups is 1. The zero-order valence-electron chi connectivity index (χ0n) is 12.9. The summed E-state index contributed by atoms with van der Waals surface area (Å²) in [4.78, 5) is 27.2. The van der Waals surface area contributed by atoms with Gasteiger partial charge in [0.05, 0.1) is 15.6 Å². The summed E-state index contributed by atoms with van der Waals surface area (Å²) in [6.07, 6.45) is 6.89. The highest BCUT2D eigenvalue weighted by Gasteiger charge is 2.23. The van der Waals surface area contributed by atoms with Crippen LogP contribution in [-0.2, 0) is 9.59 Å². The molecule has 0 saturated carbocycles. The fraction of sp³-hybridized carbons (Fsp3) is 0.188. The van der Waals surface area contributed by atoms with E-state index in [1.165, 1.54) is 14.0 Å². The van der Waals surface area contributed by atoms with E-state index in [9.17, 15) is 9.59 Å². The molecule has 8 heteroatoms. The van der Waals surface area contributed by atoms with E-state index in [0.717, 1.165) is 20.9 Å². The van der Waals surface area contributed by atoms with Gasteiger partial charge in [-0.05, 0) is 58.1 Å². The number of rotatable bonds is 4. The van der Waals surface area contributed by atoms with E-state index in [4.69, 9.17) is 15.9 Å². The molecule has 0 radical (unpaired) electrons. The number of nitrogens with zero attached hydrogens (tertiary/aromatic N) is 1. The molecule has 0 saturated heterocycles. The monoisotopic (exact) mass is 456 g/mol. The van der Waals surface area contributed by atoms with Gasteiger partial charge in [0.1, 0.15) is 6.61 Å². The van der Waals surface area contributed by atoms with Crippen LogP contribution in [0.1, 0.15) is 12.5 Å². The van der Waals surface area contributed by atoms with Gasteiger partial charge in [-0.3, -0.25) is 9.59 Å². The number of nitrogens with one attached hydrogen (secondary N) is 1. The fourth-order valence-electron chi connectivity index (χ4n) is 1.84. The molecule has 1 aliphatic heterocycles. The molecule has 0 unspecified atom stereocenters. The molecular formula is C16H13IN2O4S. The van der Waals surface area contributed by atoms with Gasteiger partial charge in [0.15, 0.2) is 16.7 Å². The highest BCUT2D eigenvalue weighted by atomic mass is 127. The first-order chi connectivity index (χ1) is 11.4. The second kappa shape index (κ2) is 8.21. The Labute approximate surface area is 157 Å². The Morgan fingerprint density at radius 1 is 1.54 bits per heavy atom. The lowest BCUT2D eigenvalue weighted by Crippen LogP contribution is -2.23.